The van der Waals surface area contributed by atoms with Crippen LogP contribution in [0.4, 0.5) is 4.79 Å². The highest BCUT2D eigenvalue weighted by atomic mass is 16.5. The molecule has 1 saturated carbocycles. The van der Waals surface area contributed by atoms with Gasteiger partial charge in [0.2, 0.25) is 0 Å². The third-order valence-electron chi connectivity index (χ3n) is 4.41. The Morgan fingerprint density at radius 3 is 3.00 bits per heavy atom. The van der Waals surface area contributed by atoms with Crippen LogP contribution in [-0.4, -0.2) is 35.6 Å². The predicted octanol–water partition coefficient (Wildman–Crippen LogP) is 2.15. The van der Waals surface area contributed by atoms with Crippen LogP contribution >= 0.6 is 0 Å². The highest BCUT2D eigenvalue weighted by Gasteiger charge is 2.26. The standard InChI is InChI=1S/C16H28N4O2/c1-12-4-5-15(13(2)8-12)19-16(21)17-9-14-10-18-20(11-14)6-7-22-3/h10-13,15H,4-9H2,1-3H3,(H2,17,19,21). The van der Waals surface area contributed by atoms with Crippen LogP contribution in [0, 0.1) is 11.8 Å². The van der Waals surface area contributed by atoms with E-state index in [0.29, 0.717) is 25.1 Å². The Morgan fingerprint density at radius 2 is 2.27 bits per heavy atom. The summed E-state index contributed by atoms with van der Waals surface area (Å²) in [6.45, 7) is 6.36. The van der Waals surface area contributed by atoms with Crippen molar-refractivity contribution in [2.75, 3.05) is 13.7 Å². The zero-order valence-electron chi connectivity index (χ0n) is 13.8. The maximum atomic E-state index is 12.0. The number of nitrogens with one attached hydrogen (secondary N) is 2. The smallest absolute Gasteiger partial charge is 0.315 e. The molecule has 1 fully saturated rings. The molecule has 2 amide bonds. The van der Waals surface area contributed by atoms with Gasteiger partial charge in [-0.05, 0) is 31.1 Å². The van der Waals surface area contributed by atoms with Gasteiger partial charge in [-0.2, -0.15) is 5.10 Å². The average molecular weight is 308 g/mol. The normalized spacial score (nSPS) is 25.0. The zero-order chi connectivity index (χ0) is 15.9. The SMILES string of the molecule is COCCn1cc(CNC(=O)NC2CCC(C)CC2C)cn1. The van der Waals surface area contributed by atoms with Crippen molar-refractivity contribution in [3.05, 3.63) is 18.0 Å². The molecule has 2 rings (SSSR count). The average Bonchev–Trinajstić information content (AvgIpc) is 2.94. The molecule has 0 radical (unpaired) electrons. The van der Waals surface area contributed by atoms with Gasteiger partial charge < -0.3 is 15.4 Å². The number of carbonyl (C=O) groups excluding carboxylic acids is 1. The van der Waals surface area contributed by atoms with E-state index >= 15 is 0 Å². The first-order chi connectivity index (χ1) is 10.6. The molecule has 6 heteroatoms. The van der Waals surface area contributed by atoms with E-state index in [0.717, 1.165) is 24.4 Å². The Labute approximate surface area is 132 Å². The molecule has 1 heterocycles. The molecular weight excluding hydrogens is 280 g/mol. The van der Waals surface area contributed by atoms with Gasteiger partial charge in [0.25, 0.3) is 0 Å². The molecule has 1 aliphatic rings. The molecule has 1 aromatic rings. The maximum absolute atomic E-state index is 12.0. The molecule has 2 N–H and O–H groups in total. The highest BCUT2D eigenvalue weighted by Crippen LogP contribution is 2.28. The fourth-order valence-electron chi connectivity index (χ4n) is 3.09. The molecule has 124 valence electrons. The molecule has 1 aliphatic carbocycles. The fourth-order valence-corrected chi connectivity index (χ4v) is 3.09. The summed E-state index contributed by atoms with van der Waals surface area (Å²) in [4.78, 5) is 12.0. The van der Waals surface area contributed by atoms with Gasteiger partial charge in [0.1, 0.15) is 0 Å². The van der Waals surface area contributed by atoms with E-state index < -0.39 is 0 Å². The number of hydrogen-bond donors (Lipinski definition) is 2. The summed E-state index contributed by atoms with van der Waals surface area (Å²) in [5.74, 6) is 1.32. The van der Waals surface area contributed by atoms with Crippen molar-refractivity contribution < 1.29 is 9.53 Å². The van der Waals surface area contributed by atoms with Gasteiger partial charge in [0.15, 0.2) is 0 Å². The fraction of sp³-hybridized carbons (Fsp3) is 0.750. The van der Waals surface area contributed by atoms with Crippen LogP contribution in [0.2, 0.25) is 0 Å². The maximum Gasteiger partial charge on any atom is 0.315 e. The van der Waals surface area contributed by atoms with E-state index in [-0.39, 0.29) is 6.03 Å². The topological polar surface area (TPSA) is 68.2 Å². The van der Waals surface area contributed by atoms with Crippen LogP contribution in [0.15, 0.2) is 12.4 Å². The lowest BCUT2D eigenvalue weighted by molar-refractivity contribution is 0.183. The molecule has 0 spiro atoms. The lowest BCUT2D eigenvalue weighted by atomic mass is 9.80. The number of methoxy groups -OCH3 is 1. The van der Waals surface area contributed by atoms with Crippen molar-refractivity contribution in [2.24, 2.45) is 11.8 Å². The van der Waals surface area contributed by atoms with E-state index in [1.807, 2.05) is 10.9 Å². The van der Waals surface area contributed by atoms with Crippen molar-refractivity contribution in [3.8, 4) is 0 Å². The zero-order valence-corrected chi connectivity index (χ0v) is 13.8. The quantitative estimate of drug-likeness (QED) is 0.846. The van der Waals surface area contributed by atoms with Crippen LogP contribution < -0.4 is 10.6 Å². The predicted molar refractivity (Wildman–Crippen MR) is 85.4 cm³/mol. The summed E-state index contributed by atoms with van der Waals surface area (Å²) in [6, 6.07) is 0.205. The van der Waals surface area contributed by atoms with E-state index in [4.69, 9.17) is 4.74 Å². The molecule has 1 aromatic heterocycles. The number of urea groups is 1. The summed E-state index contributed by atoms with van der Waals surface area (Å²) >= 11 is 0. The summed E-state index contributed by atoms with van der Waals surface area (Å²) in [5.41, 5.74) is 0.997. The molecule has 3 unspecified atom stereocenters. The van der Waals surface area contributed by atoms with Crippen molar-refractivity contribution in [1.29, 1.82) is 0 Å². The second-order valence-corrected chi connectivity index (χ2v) is 6.43. The third-order valence-corrected chi connectivity index (χ3v) is 4.41. The van der Waals surface area contributed by atoms with Gasteiger partial charge in [-0.1, -0.05) is 13.8 Å². The van der Waals surface area contributed by atoms with E-state index in [1.54, 1.807) is 13.3 Å². The van der Waals surface area contributed by atoms with Crippen molar-refractivity contribution in [3.63, 3.8) is 0 Å². The number of hydrogen-bond acceptors (Lipinski definition) is 3. The van der Waals surface area contributed by atoms with Crippen LogP contribution in [0.25, 0.3) is 0 Å². The van der Waals surface area contributed by atoms with Crippen LogP contribution in [-0.2, 0) is 17.8 Å². The van der Waals surface area contributed by atoms with Crippen LogP contribution in [0.1, 0.15) is 38.7 Å². The third kappa shape index (κ3) is 5.02. The molecule has 3 atom stereocenters. The van der Waals surface area contributed by atoms with Gasteiger partial charge in [0.05, 0.1) is 19.3 Å². The van der Waals surface area contributed by atoms with Gasteiger partial charge in [-0.15, -0.1) is 0 Å². The summed E-state index contributed by atoms with van der Waals surface area (Å²) in [7, 11) is 1.67. The Hall–Kier alpha value is -1.56. The number of amides is 2. The minimum atomic E-state index is -0.0870. The molecule has 0 bridgehead atoms. The molecule has 0 aliphatic heterocycles. The van der Waals surface area contributed by atoms with Gasteiger partial charge >= 0.3 is 6.03 Å². The molecule has 6 nitrogen and oxygen atoms in total. The Bertz CT molecular complexity index is 474. The summed E-state index contributed by atoms with van der Waals surface area (Å²) in [5, 5.41) is 10.2. The first kappa shape index (κ1) is 16.8. The van der Waals surface area contributed by atoms with Crippen molar-refractivity contribution >= 4 is 6.03 Å². The number of rotatable bonds is 6. The van der Waals surface area contributed by atoms with E-state index in [1.165, 1.54) is 12.8 Å². The Morgan fingerprint density at radius 1 is 1.45 bits per heavy atom. The van der Waals surface area contributed by atoms with Crippen molar-refractivity contribution in [2.45, 2.75) is 52.2 Å². The number of carbonyl (C=O) groups is 1. The largest absolute Gasteiger partial charge is 0.383 e. The number of nitrogens with zero attached hydrogens (tertiary/aromatic N) is 2. The first-order valence-electron chi connectivity index (χ1n) is 8.13. The Balaban J connectivity index is 1.72. The molecular formula is C16H28N4O2. The lowest BCUT2D eigenvalue weighted by Crippen LogP contribution is -2.46. The first-order valence-corrected chi connectivity index (χ1v) is 8.13. The van der Waals surface area contributed by atoms with Gasteiger partial charge in [-0.3, -0.25) is 4.68 Å². The van der Waals surface area contributed by atoms with Gasteiger partial charge in [0, 0.05) is 31.5 Å². The molecule has 0 saturated heterocycles. The number of aromatic nitrogens is 2. The van der Waals surface area contributed by atoms with E-state index in [2.05, 4.69) is 29.6 Å². The van der Waals surface area contributed by atoms with Crippen LogP contribution in [0.3, 0.4) is 0 Å². The number of ether oxygens (including phenoxy) is 1. The van der Waals surface area contributed by atoms with Gasteiger partial charge in [-0.25, -0.2) is 4.79 Å². The Kier molecular flexibility index (Phi) is 6.24. The minimum absolute atomic E-state index is 0.0870. The van der Waals surface area contributed by atoms with E-state index in [9.17, 15) is 4.79 Å². The monoisotopic (exact) mass is 308 g/mol. The lowest BCUT2D eigenvalue weighted by Gasteiger charge is -2.33. The summed E-state index contributed by atoms with van der Waals surface area (Å²) in [6.07, 6.45) is 7.18. The molecule has 0 aromatic carbocycles. The summed E-state index contributed by atoms with van der Waals surface area (Å²) < 4.78 is 6.84. The second-order valence-electron chi connectivity index (χ2n) is 6.43. The minimum Gasteiger partial charge on any atom is -0.383 e. The van der Waals surface area contributed by atoms with Crippen LogP contribution in [0.5, 0.6) is 0 Å². The second kappa shape index (κ2) is 8.17. The van der Waals surface area contributed by atoms with Crippen molar-refractivity contribution in [1.82, 2.24) is 20.4 Å². The highest BCUT2D eigenvalue weighted by molar-refractivity contribution is 5.74. The molecule has 22 heavy (non-hydrogen) atoms.